The molecule has 1 N–H and O–H groups in total. The Morgan fingerprint density at radius 3 is 2.55 bits per heavy atom. The first-order chi connectivity index (χ1) is 10.3. The van der Waals surface area contributed by atoms with Crippen LogP contribution in [-0.4, -0.2) is 26.7 Å². The van der Waals surface area contributed by atoms with Gasteiger partial charge in [0.25, 0.3) is 5.91 Å². The van der Waals surface area contributed by atoms with Crippen molar-refractivity contribution >= 4 is 16.9 Å². The smallest absolute Gasteiger partial charge is 0.253 e. The highest BCUT2D eigenvalue weighted by Gasteiger charge is 2.17. The predicted octanol–water partition coefficient (Wildman–Crippen LogP) is 3.14. The number of nitrogens with one attached hydrogen (secondary N) is 1. The van der Waals surface area contributed by atoms with E-state index in [0.717, 1.165) is 35.3 Å². The number of hydrogen-bond donors (Lipinski definition) is 1. The molecule has 2 rings (SSSR count). The molecule has 1 amide bonds. The Balaban J connectivity index is 2.21. The maximum Gasteiger partial charge on any atom is 0.253 e. The number of fused-ring (bicyclic) bond motifs is 1. The van der Waals surface area contributed by atoms with E-state index in [0.29, 0.717) is 11.5 Å². The van der Waals surface area contributed by atoms with Crippen LogP contribution >= 0.6 is 0 Å². The van der Waals surface area contributed by atoms with Crippen LogP contribution in [0.2, 0.25) is 0 Å². The zero-order chi connectivity index (χ0) is 16.4. The second-order valence-electron chi connectivity index (χ2n) is 6.55. The predicted molar refractivity (Wildman–Crippen MR) is 89.0 cm³/mol. The number of carbonyl (C=O) groups is 1. The van der Waals surface area contributed by atoms with E-state index in [1.54, 1.807) is 4.68 Å². The van der Waals surface area contributed by atoms with E-state index < -0.39 is 0 Å². The molecule has 0 fully saturated rings. The van der Waals surface area contributed by atoms with Gasteiger partial charge in [-0.25, -0.2) is 4.98 Å². The van der Waals surface area contributed by atoms with Gasteiger partial charge in [0.15, 0.2) is 5.65 Å². The van der Waals surface area contributed by atoms with Crippen molar-refractivity contribution in [1.29, 1.82) is 0 Å². The summed E-state index contributed by atoms with van der Waals surface area (Å²) in [6.07, 6.45) is 2.10. The molecule has 120 valence electrons. The molecular formula is C17H26N4O. The van der Waals surface area contributed by atoms with Crippen molar-refractivity contribution in [2.75, 3.05) is 0 Å². The second-order valence-corrected chi connectivity index (χ2v) is 6.55. The molecule has 0 aliphatic heterocycles. The van der Waals surface area contributed by atoms with Gasteiger partial charge in [-0.2, -0.15) is 5.10 Å². The average molecular weight is 302 g/mol. The van der Waals surface area contributed by atoms with Gasteiger partial charge in [0.2, 0.25) is 0 Å². The van der Waals surface area contributed by atoms with Crippen LogP contribution in [0, 0.1) is 19.8 Å². The molecule has 5 nitrogen and oxygen atoms in total. The molecule has 0 aliphatic carbocycles. The second kappa shape index (κ2) is 6.46. The fourth-order valence-corrected chi connectivity index (χ4v) is 2.62. The van der Waals surface area contributed by atoms with Gasteiger partial charge in [-0.05, 0) is 45.6 Å². The first kappa shape index (κ1) is 16.5. The lowest BCUT2D eigenvalue weighted by Gasteiger charge is -2.16. The van der Waals surface area contributed by atoms with E-state index >= 15 is 0 Å². The van der Waals surface area contributed by atoms with Crippen molar-refractivity contribution in [1.82, 2.24) is 20.1 Å². The van der Waals surface area contributed by atoms with Crippen LogP contribution in [0.4, 0.5) is 0 Å². The summed E-state index contributed by atoms with van der Waals surface area (Å²) in [4.78, 5) is 17.0. The lowest BCUT2D eigenvalue weighted by molar-refractivity contribution is 0.0936. The molecule has 1 atom stereocenters. The summed E-state index contributed by atoms with van der Waals surface area (Å²) in [6, 6.07) is 2.07. The van der Waals surface area contributed by atoms with Gasteiger partial charge in [0.1, 0.15) is 0 Å². The molecule has 5 heteroatoms. The van der Waals surface area contributed by atoms with Gasteiger partial charge in [0, 0.05) is 18.5 Å². The van der Waals surface area contributed by atoms with E-state index in [4.69, 9.17) is 0 Å². The number of aromatic nitrogens is 3. The maximum atomic E-state index is 12.5. The Bertz CT molecular complexity index is 688. The number of aryl methyl sites for hydroxylation is 3. The van der Waals surface area contributed by atoms with Crippen molar-refractivity contribution in [3.05, 3.63) is 23.0 Å². The minimum Gasteiger partial charge on any atom is -0.350 e. The molecule has 0 saturated heterocycles. The van der Waals surface area contributed by atoms with Crippen molar-refractivity contribution in [3.8, 4) is 0 Å². The largest absolute Gasteiger partial charge is 0.350 e. The quantitative estimate of drug-likeness (QED) is 0.923. The van der Waals surface area contributed by atoms with Crippen molar-refractivity contribution in [2.24, 2.45) is 13.0 Å². The number of rotatable bonds is 5. The molecule has 2 heterocycles. The topological polar surface area (TPSA) is 59.8 Å². The highest BCUT2D eigenvalue weighted by molar-refractivity contribution is 5.98. The number of amides is 1. The van der Waals surface area contributed by atoms with Gasteiger partial charge in [-0.15, -0.1) is 0 Å². The maximum absolute atomic E-state index is 12.5. The Kier molecular flexibility index (Phi) is 4.84. The number of nitrogens with zero attached hydrogens (tertiary/aromatic N) is 3. The van der Waals surface area contributed by atoms with Gasteiger partial charge in [0.05, 0.1) is 17.0 Å². The Morgan fingerprint density at radius 2 is 1.91 bits per heavy atom. The van der Waals surface area contributed by atoms with Crippen LogP contribution in [0.1, 0.15) is 55.4 Å². The van der Waals surface area contributed by atoms with Crippen LogP contribution in [0.25, 0.3) is 11.0 Å². The molecular weight excluding hydrogens is 276 g/mol. The summed E-state index contributed by atoms with van der Waals surface area (Å²) in [6.45, 7) is 10.3. The van der Waals surface area contributed by atoms with Crippen LogP contribution in [-0.2, 0) is 7.05 Å². The fourth-order valence-electron chi connectivity index (χ4n) is 2.62. The molecule has 0 radical (unpaired) electrons. The van der Waals surface area contributed by atoms with Crippen molar-refractivity contribution in [3.63, 3.8) is 0 Å². The first-order valence-electron chi connectivity index (χ1n) is 7.91. The summed E-state index contributed by atoms with van der Waals surface area (Å²) in [5.74, 6) is 0.601. The third-order valence-electron chi connectivity index (χ3n) is 3.99. The van der Waals surface area contributed by atoms with Crippen LogP contribution in [0.3, 0.4) is 0 Å². The van der Waals surface area contributed by atoms with Crippen LogP contribution < -0.4 is 5.32 Å². The standard InChI is InChI=1S/C17H26N4O/c1-10(2)7-8-11(3)18-17(22)15-9-14-13(5)20-21(6)16(14)19-12(15)4/h9-11H,7-8H2,1-6H3,(H,18,22). The van der Waals surface area contributed by atoms with Gasteiger partial charge in [-0.3, -0.25) is 9.48 Å². The molecule has 2 aromatic heterocycles. The number of hydrogen-bond acceptors (Lipinski definition) is 3. The molecule has 0 bridgehead atoms. The van der Waals surface area contributed by atoms with E-state index in [-0.39, 0.29) is 11.9 Å². The summed E-state index contributed by atoms with van der Waals surface area (Å²) >= 11 is 0. The van der Waals surface area contributed by atoms with Crippen molar-refractivity contribution < 1.29 is 4.79 Å². The Hall–Kier alpha value is -1.91. The van der Waals surface area contributed by atoms with E-state index in [9.17, 15) is 4.79 Å². The first-order valence-corrected chi connectivity index (χ1v) is 7.91. The average Bonchev–Trinajstić information content (AvgIpc) is 2.70. The summed E-state index contributed by atoms with van der Waals surface area (Å²) < 4.78 is 1.75. The molecule has 0 aromatic carbocycles. The SMILES string of the molecule is Cc1nc2c(cc1C(=O)NC(C)CCC(C)C)c(C)nn2C. The molecule has 0 saturated carbocycles. The van der Waals surface area contributed by atoms with Gasteiger partial charge < -0.3 is 5.32 Å². The summed E-state index contributed by atoms with van der Waals surface area (Å²) in [5.41, 5.74) is 3.09. The molecule has 22 heavy (non-hydrogen) atoms. The zero-order valence-corrected chi connectivity index (χ0v) is 14.4. The third kappa shape index (κ3) is 3.46. The number of pyridine rings is 1. The molecule has 0 spiro atoms. The van der Waals surface area contributed by atoms with E-state index in [2.05, 4.69) is 36.2 Å². The summed E-state index contributed by atoms with van der Waals surface area (Å²) in [7, 11) is 1.87. The van der Waals surface area contributed by atoms with E-state index in [1.165, 1.54) is 0 Å². The van der Waals surface area contributed by atoms with Gasteiger partial charge in [-0.1, -0.05) is 13.8 Å². The highest BCUT2D eigenvalue weighted by atomic mass is 16.1. The van der Waals surface area contributed by atoms with Gasteiger partial charge >= 0.3 is 0 Å². The number of carbonyl (C=O) groups excluding carboxylic acids is 1. The lowest BCUT2D eigenvalue weighted by Crippen LogP contribution is -2.33. The highest BCUT2D eigenvalue weighted by Crippen LogP contribution is 2.19. The van der Waals surface area contributed by atoms with Crippen LogP contribution in [0.15, 0.2) is 6.07 Å². The van der Waals surface area contributed by atoms with Crippen molar-refractivity contribution in [2.45, 2.75) is 53.5 Å². The third-order valence-corrected chi connectivity index (χ3v) is 3.99. The fraction of sp³-hybridized carbons (Fsp3) is 0.588. The monoisotopic (exact) mass is 302 g/mol. The molecule has 1 unspecified atom stereocenters. The minimum absolute atomic E-state index is 0.0496. The Labute approximate surface area is 132 Å². The van der Waals surface area contributed by atoms with Crippen LogP contribution in [0.5, 0.6) is 0 Å². The minimum atomic E-state index is -0.0496. The molecule has 2 aromatic rings. The Morgan fingerprint density at radius 1 is 1.23 bits per heavy atom. The van der Waals surface area contributed by atoms with E-state index in [1.807, 2.05) is 27.0 Å². The lowest BCUT2D eigenvalue weighted by atomic mass is 10.0. The zero-order valence-electron chi connectivity index (χ0n) is 14.4. The summed E-state index contributed by atoms with van der Waals surface area (Å²) in [5, 5.41) is 8.38. The normalized spacial score (nSPS) is 12.9. The molecule has 0 aliphatic rings.